The minimum atomic E-state index is -1.11. The number of para-hydroxylation sites is 1. The molecule has 0 spiro atoms. The number of rotatable bonds is 9. The van der Waals surface area contributed by atoms with Gasteiger partial charge in [0.1, 0.15) is 12.4 Å². The Morgan fingerprint density at radius 1 is 1.17 bits per heavy atom. The highest BCUT2D eigenvalue weighted by Gasteiger charge is 2.12. The van der Waals surface area contributed by atoms with Crippen molar-refractivity contribution in [2.24, 2.45) is 0 Å². The van der Waals surface area contributed by atoms with E-state index in [1.807, 2.05) is 12.1 Å². The normalized spacial score (nSPS) is 11.1. The van der Waals surface area contributed by atoms with Crippen LogP contribution in [-0.4, -0.2) is 34.3 Å². The van der Waals surface area contributed by atoms with Gasteiger partial charge in [0.25, 0.3) is 5.56 Å². The zero-order chi connectivity index (χ0) is 21.5. The number of nitrogens with zero attached hydrogens (tertiary/aromatic N) is 2. The molecule has 1 aromatic heterocycles. The van der Waals surface area contributed by atoms with Gasteiger partial charge >= 0.3 is 5.97 Å². The molecule has 0 aliphatic heterocycles. The molecule has 30 heavy (non-hydrogen) atoms. The molecule has 156 valence electrons. The third-order valence-electron chi connectivity index (χ3n) is 4.55. The van der Waals surface area contributed by atoms with E-state index in [0.717, 1.165) is 23.0 Å². The van der Waals surface area contributed by atoms with E-state index in [1.165, 1.54) is 0 Å². The Hall–Kier alpha value is -3.61. The molecule has 2 aromatic carbocycles. The fourth-order valence-electron chi connectivity index (χ4n) is 3.01. The second kappa shape index (κ2) is 9.73. The molecule has 1 heterocycles. The lowest BCUT2D eigenvalue weighted by atomic mass is 10.1. The van der Waals surface area contributed by atoms with Gasteiger partial charge in [0.05, 0.1) is 24.6 Å². The Morgan fingerprint density at radius 2 is 1.97 bits per heavy atom. The molecule has 0 radical (unpaired) electrons. The summed E-state index contributed by atoms with van der Waals surface area (Å²) >= 11 is 0. The average Bonchev–Trinajstić information content (AvgIpc) is 2.74. The molecule has 0 saturated heterocycles. The first-order valence-corrected chi connectivity index (χ1v) is 9.73. The lowest BCUT2D eigenvalue weighted by Gasteiger charge is -2.11. The number of ether oxygens (including phenoxy) is 2. The number of carboxylic acid groups (broad SMARTS) is 1. The van der Waals surface area contributed by atoms with E-state index >= 15 is 0 Å². The summed E-state index contributed by atoms with van der Waals surface area (Å²) in [7, 11) is 1.58. The van der Waals surface area contributed by atoms with Gasteiger partial charge in [-0.2, -0.15) is 0 Å². The average molecular weight is 408 g/mol. The van der Waals surface area contributed by atoms with E-state index < -0.39 is 12.5 Å². The fraction of sp³-hybridized carbons (Fsp3) is 0.261. The summed E-state index contributed by atoms with van der Waals surface area (Å²) < 4.78 is 12.3. The Labute approximate surface area is 174 Å². The van der Waals surface area contributed by atoms with E-state index in [2.05, 4.69) is 11.9 Å². The first kappa shape index (κ1) is 21.1. The van der Waals surface area contributed by atoms with E-state index in [0.29, 0.717) is 29.0 Å². The zero-order valence-corrected chi connectivity index (χ0v) is 17.0. The molecule has 0 atom stereocenters. The number of carbonyl (C=O) groups is 1. The number of hydrogen-bond donors (Lipinski definition) is 1. The van der Waals surface area contributed by atoms with Crippen LogP contribution in [0.25, 0.3) is 23.1 Å². The van der Waals surface area contributed by atoms with E-state index in [4.69, 9.17) is 9.47 Å². The first-order valence-electron chi connectivity index (χ1n) is 9.73. The monoisotopic (exact) mass is 408 g/mol. The van der Waals surface area contributed by atoms with Crippen LogP contribution in [0.1, 0.15) is 31.2 Å². The van der Waals surface area contributed by atoms with Crippen molar-refractivity contribution < 1.29 is 19.4 Å². The Kier molecular flexibility index (Phi) is 6.85. The number of aliphatic carboxylic acids is 1. The molecule has 0 aliphatic rings. The lowest BCUT2D eigenvalue weighted by Crippen LogP contribution is -2.27. The van der Waals surface area contributed by atoms with Crippen molar-refractivity contribution in [3.63, 3.8) is 0 Å². The second-order valence-electron chi connectivity index (χ2n) is 6.72. The van der Waals surface area contributed by atoms with Crippen molar-refractivity contribution in [3.05, 3.63) is 64.2 Å². The van der Waals surface area contributed by atoms with Crippen LogP contribution in [0.3, 0.4) is 0 Å². The summed E-state index contributed by atoms with van der Waals surface area (Å²) in [5, 5.41) is 9.61. The summed E-state index contributed by atoms with van der Waals surface area (Å²) in [6.07, 6.45) is 5.36. The highest BCUT2D eigenvalue weighted by molar-refractivity contribution is 5.80. The van der Waals surface area contributed by atoms with E-state index in [1.54, 1.807) is 49.6 Å². The SMILES string of the molecule is CCCCOc1cc(/C=C/c2nc3ccccc3c(=O)n2CC(=O)O)ccc1OC. The molecule has 0 amide bonds. The molecule has 0 bridgehead atoms. The lowest BCUT2D eigenvalue weighted by molar-refractivity contribution is -0.137. The summed E-state index contributed by atoms with van der Waals surface area (Å²) in [6, 6.07) is 12.4. The quantitative estimate of drug-likeness (QED) is 0.541. The highest BCUT2D eigenvalue weighted by atomic mass is 16.5. The van der Waals surface area contributed by atoms with Crippen LogP contribution in [-0.2, 0) is 11.3 Å². The van der Waals surface area contributed by atoms with E-state index in [9.17, 15) is 14.7 Å². The van der Waals surface area contributed by atoms with Gasteiger partial charge in [-0.15, -0.1) is 0 Å². The van der Waals surface area contributed by atoms with Gasteiger partial charge in [-0.3, -0.25) is 14.2 Å². The van der Waals surface area contributed by atoms with E-state index in [-0.39, 0.29) is 11.4 Å². The smallest absolute Gasteiger partial charge is 0.323 e. The van der Waals surface area contributed by atoms with Crippen molar-refractivity contribution in [2.75, 3.05) is 13.7 Å². The third kappa shape index (κ3) is 4.86. The molecule has 0 saturated carbocycles. The van der Waals surface area contributed by atoms with Crippen LogP contribution in [0.5, 0.6) is 11.5 Å². The van der Waals surface area contributed by atoms with Crippen molar-refractivity contribution in [1.29, 1.82) is 0 Å². The minimum Gasteiger partial charge on any atom is -0.493 e. The van der Waals surface area contributed by atoms with Crippen molar-refractivity contribution >= 4 is 29.0 Å². The number of hydrogen-bond acceptors (Lipinski definition) is 5. The second-order valence-corrected chi connectivity index (χ2v) is 6.72. The fourth-order valence-corrected chi connectivity index (χ4v) is 3.01. The minimum absolute atomic E-state index is 0.269. The predicted octanol–water partition coefficient (Wildman–Crippen LogP) is 3.84. The maximum atomic E-state index is 12.8. The summed E-state index contributed by atoms with van der Waals surface area (Å²) in [4.78, 5) is 28.5. The number of fused-ring (bicyclic) bond motifs is 1. The molecular weight excluding hydrogens is 384 g/mol. The molecule has 0 unspecified atom stereocenters. The number of unbranched alkanes of at least 4 members (excludes halogenated alkanes) is 1. The molecule has 1 N–H and O–H groups in total. The number of carboxylic acids is 1. The number of methoxy groups -OCH3 is 1. The van der Waals surface area contributed by atoms with Crippen molar-refractivity contribution in [3.8, 4) is 11.5 Å². The molecular formula is C23H24N2O5. The Morgan fingerprint density at radius 3 is 2.70 bits per heavy atom. The van der Waals surface area contributed by atoms with Gasteiger partial charge in [0.2, 0.25) is 0 Å². The molecule has 7 nitrogen and oxygen atoms in total. The molecule has 3 rings (SSSR count). The zero-order valence-electron chi connectivity index (χ0n) is 17.0. The summed E-state index contributed by atoms with van der Waals surface area (Å²) in [5.41, 5.74) is 0.939. The van der Waals surface area contributed by atoms with Crippen LogP contribution >= 0.6 is 0 Å². The first-order chi connectivity index (χ1) is 14.5. The number of benzene rings is 2. The molecule has 0 fully saturated rings. The Balaban J connectivity index is 1.99. The highest BCUT2D eigenvalue weighted by Crippen LogP contribution is 2.29. The van der Waals surface area contributed by atoms with Gasteiger partial charge in [-0.1, -0.05) is 37.6 Å². The van der Waals surface area contributed by atoms with Gasteiger partial charge in [-0.25, -0.2) is 4.98 Å². The van der Waals surface area contributed by atoms with Gasteiger partial charge in [0, 0.05) is 0 Å². The van der Waals surface area contributed by atoms with Crippen LogP contribution in [0.15, 0.2) is 47.3 Å². The van der Waals surface area contributed by atoms with Crippen LogP contribution in [0.2, 0.25) is 0 Å². The Bertz CT molecular complexity index is 1130. The molecule has 7 heteroatoms. The number of aromatic nitrogens is 2. The predicted molar refractivity (Wildman–Crippen MR) is 116 cm³/mol. The molecule has 0 aliphatic carbocycles. The maximum Gasteiger partial charge on any atom is 0.323 e. The topological polar surface area (TPSA) is 90.7 Å². The van der Waals surface area contributed by atoms with Crippen LogP contribution in [0.4, 0.5) is 0 Å². The largest absolute Gasteiger partial charge is 0.493 e. The summed E-state index contributed by atoms with van der Waals surface area (Å²) in [5.74, 6) is 0.419. The van der Waals surface area contributed by atoms with Gasteiger partial charge < -0.3 is 14.6 Å². The summed E-state index contributed by atoms with van der Waals surface area (Å²) in [6.45, 7) is 2.21. The maximum absolute atomic E-state index is 12.8. The van der Waals surface area contributed by atoms with Crippen LogP contribution < -0.4 is 15.0 Å². The van der Waals surface area contributed by atoms with Gasteiger partial charge in [-0.05, 0) is 42.3 Å². The van der Waals surface area contributed by atoms with Gasteiger partial charge in [0.15, 0.2) is 11.5 Å². The van der Waals surface area contributed by atoms with Crippen LogP contribution in [0, 0.1) is 0 Å². The standard InChI is InChI=1S/C23H24N2O5/c1-3-4-13-30-20-14-16(9-11-19(20)29-2)10-12-21-24-18-8-6-5-7-17(18)23(28)25(21)15-22(26)27/h5-12,14H,3-4,13,15H2,1-2H3,(H,26,27)/b12-10+. The van der Waals surface area contributed by atoms with Crippen molar-refractivity contribution in [1.82, 2.24) is 9.55 Å². The van der Waals surface area contributed by atoms with Crippen molar-refractivity contribution in [2.45, 2.75) is 26.3 Å². The molecule has 3 aromatic rings. The third-order valence-corrected chi connectivity index (χ3v) is 4.55.